The highest BCUT2D eigenvalue weighted by Gasteiger charge is 2.12. The normalized spacial score (nSPS) is 14.7. The highest BCUT2D eigenvalue weighted by Crippen LogP contribution is 2.25. The topological polar surface area (TPSA) is 21.3 Å². The molecule has 0 aliphatic carbocycles. The molecule has 20 heavy (non-hydrogen) atoms. The number of benzene rings is 2. The summed E-state index contributed by atoms with van der Waals surface area (Å²) in [6.07, 6.45) is 1.05. The summed E-state index contributed by atoms with van der Waals surface area (Å²) in [5.74, 6) is 1.60. The van der Waals surface area contributed by atoms with E-state index in [9.17, 15) is 0 Å². The van der Waals surface area contributed by atoms with Gasteiger partial charge in [0.1, 0.15) is 5.75 Å². The van der Waals surface area contributed by atoms with Crippen LogP contribution in [0, 0.1) is 0 Å². The fourth-order valence-corrected chi connectivity index (χ4v) is 2.68. The minimum absolute atomic E-state index is 0.536. The van der Waals surface area contributed by atoms with Gasteiger partial charge < -0.3 is 10.1 Å². The largest absolute Gasteiger partial charge is 0.493 e. The SMILES string of the molecule is CC(CNCc1ccc2c(c1)CCO2)c1ccccc1. The predicted molar refractivity (Wildman–Crippen MR) is 82.2 cm³/mol. The van der Waals surface area contributed by atoms with E-state index in [-0.39, 0.29) is 0 Å². The average molecular weight is 267 g/mol. The first kappa shape index (κ1) is 13.2. The minimum atomic E-state index is 0.536. The number of ether oxygens (including phenoxy) is 1. The molecule has 1 aliphatic heterocycles. The molecule has 1 N–H and O–H groups in total. The zero-order valence-corrected chi connectivity index (χ0v) is 11.9. The van der Waals surface area contributed by atoms with E-state index in [0.717, 1.165) is 31.9 Å². The van der Waals surface area contributed by atoms with Gasteiger partial charge in [-0.15, -0.1) is 0 Å². The van der Waals surface area contributed by atoms with Gasteiger partial charge in [0.05, 0.1) is 6.61 Å². The monoisotopic (exact) mass is 267 g/mol. The fourth-order valence-electron chi connectivity index (χ4n) is 2.68. The number of fused-ring (bicyclic) bond motifs is 1. The van der Waals surface area contributed by atoms with Crippen LogP contribution < -0.4 is 10.1 Å². The van der Waals surface area contributed by atoms with Crippen molar-refractivity contribution in [2.45, 2.75) is 25.8 Å². The smallest absolute Gasteiger partial charge is 0.122 e. The number of hydrogen-bond acceptors (Lipinski definition) is 2. The standard InChI is InChI=1S/C18H21NO/c1-14(16-5-3-2-4-6-16)12-19-13-15-7-8-18-17(11-15)9-10-20-18/h2-8,11,14,19H,9-10,12-13H2,1H3. The van der Waals surface area contributed by atoms with Gasteiger partial charge in [0, 0.05) is 19.5 Å². The summed E-state index contributed by atoms with van der Waals surface area (Å²) in [5, 5.41) is 3.55. The van der Waals surface area contributed by atoms with Crippen LogP contribution in [0.3, 0.4) is 0 Å². The first-order valence-corrected chi connectivity index (χ1v) is 7.33. The molecule has 1 atom stereocenters. The summed E-state index contributed by atoms with van der Waals surface area (Å²) in [7, 11) is 0. The van der Waals surface area contributed by atoms with Gasteiger partial charge in [-0.3, -0.25) is 0 Å². The van der Waals surface area contributed by atoms with Crippen LogP contribution in [0.1, 0.15) is 29.5 Å². The van der Waals surface area contributed by atoms with E-state index in [0.29, 0.717) is 5.92 Å². The molecule has 0 bridgehead atoms. The van der Waals surface area contributed by atoms with E-state index >= 15 is 0 Å². The van der Waals surface area contributed by atoms with Crippen molar-refractivity contribution in [3.63, 3.8) is 0 Å². The van der Waals surface area contributed by atoms with E-state index in [1.807, 2.05) is 0 Å². The Morgan fingerprint density at radius 1 is 1.15 bits per heavy atom. The van der Waals surface area contributed by atoms with Crippen molar-refractivity contribution in [2.75, 3.05) is 13.2 Å². The third-order valence-corrected chi connectivity index (χ3v) is 3.90. The van der Waals surface area contributed by atoms with Gasteiger partial charge in [0.25, 0.3) is 0 Å². The van der Waals surface area contributed by atoms with Crippen molar-refractivity contribution >= 4 is 0 Å². The third-order valence-electron chi connectivity index (χ3n) is 3.90. The van der Waals surface area contributed by atoms with Crippen molar-refractivity contribution < 1.29 is 4.74 Å². The Kier molecular flexibility index (Phi) is 4.03. The van der Waals surface area contributed by atoms with Gasteiger partial charge in [0.15, 0.2) is 0 Å². The van der Waals surface area contributed by atoms with Crippen molar-refractivity contribution in [1.82, 2.24) is 5.32 Å². The molecule has 0 saturated carbocycles. The van der Waals surface area contributed by atoms with Gasteiger partial charge in [-0.25, -0.2) is 0 Å². The molecule has 2 nitrogen and oxygen atoms in total. The van der Waals surface area contributed by atoms with Gasteiger partial charge >= 0.3 is 0 Å². The van der Waals surface area contributed by atoms with E-state index < -0.39 is 0 Å². The number of hydrogen-bond donors (Lipinski definition) is 1. The molecule has 0 spiro atoms. The van der Waals surface area contributed by atoms with E-state index in [1.54, 1.807) is 0 Å². The molecule has 2 aromatic carbocycles. The quantitative estimate of drug-likeness (QED) is 0.895. The maximum absolute atomic E-state index is 5.53. The lowest BCUT2D eigenvalue weighted by molar-refractivity contribution is 0.357. The van der Waals surface area contributed by atoms with Crippen LogP contribution in [0.25, 0.3) is 0 Å². The molecule has 3 rings (SSSR count). The highest BCUT2D eigenvalue weighted by molar-refractivity contribution is 5.39. The minimum Gasteiger partial charge on any atom is -0.493 e. The van der Waals surface area contributed by atoms with E-state index in [4.69, 9.17) is 4.74 Å². The van der Waals surface area contributed by atoms with Crippen molar-refractivity contribution in [1.29, 1.82) is 0 Å². The Morgan fingerprint density at radius 2 is 2.00 bits per heavy atom. The molecule has 104 valence electrons. The van der Waals surface area contributed by atoms with Gasteiger partial charge in [0.2, 0.25) is 0 Å². The van der Waals surface area contributed by atoms with Gasteiger partial charge in [-0.1, -0.05) is 49.4 Å². The first-order valence-electron chi connectivity index (χ1n) is 7.33. The van der Waals surface area contributed by atoms with E-state index in [1.165, 1.54) is 16.7 Å². The maximum atomic E-state index is 5.53. The molecule has 1 aliphatic rings. The Morgan fingerprint density at radius 3 is 2.85 bits per heavy atom. The average Bonchev–Trinajstić information content (AvgIpc) is 2.95. The molecule has 0 aromatic heterocycles. The third kappa shape index (κ3) is 3.02. The van der Waals surface area contributed by atoms with Crippen LogP contribution in [0.4, 0.5) is 0 Å². The fraction of sp³-hybridized carbons (Fsp3) is 0.333. The molecule has 0 amide bonds. The number of nitrogens with one attached hydrogen (secondary N) is 1. The predicted octanol–water partition coefficient (Wildman–Crippen LogP) is 3.51. The summed E-state index contributed by atoms with van der Waals surface area (Å²) in [6.45, 7) is 5.01. The zero-order valence-electron chi connectivity index (χ0n) is 11.9. The van der Waals surface area contributed by atoms with Crippen LogP contribution >= 0.6 is 0 Å². The highest BCUT2D eigenvalue weighted by atomic mass is 16.5. The molecule has 2 aromatic rings. The summed E-state index contributed by atoms with van der Waals surface area (Å²) < 4.78 is 5.53. The van der Waals surface area contributed by atoms with E-state index in [2.05, 4.69) is 60.8 Å². The van der Waals surface area contributed by atoms with Crippen LogP contribution in [-0.4, -0.2) is 13.2 Å². The number of rotatable bonds is 5. The Bertz CT molecular complexity index is 565. The molecule has 2 heteroatoms. The van der Waals surface area contributed by atoms with Crippen LogP contribution in [0.15, 0.2) is 48.5 Å². The molecular weight excluding hydrogens is 246 g/mol. The lowest BCUT2D eigenvalue weighted by Crippen LogP contribution is -2.19. The molecular formula is C18H21NO. The van der Waals surface area contributed by atoms with Crippen molar-refractivity contribution in [2.24, 2.45) is 0 Å². The first-order chi connectivity index (χ1) is 9.83. The summed E-state index contributed by atoms with van der Waals surface area (Å²) in [6, 6.07) is 17.2. The second-order valence-electron chi connectivity index (χ2n) is 5.48. The lowest BCUT2D eigenvalue weighted by atomic mass is 10.0. The second kappa shape index (κ2) is 6.10. The lowest BCUT2D eigenvalue weighted by Gasteiger charge is -2.13. The molecule has 0 fully saturated rings. The van der Waals surface area contributed by atoms with Crippen LogP contribution in [0.5, 0.6) is 5.75 Å². The van der Waals surface area contributed by atoms with Crippen molar-refractivity contribution in [3.8, 4) is 5.75 Å². The Labute approximate surface area is 120 Å². The molecule has 0 saturated heterocycles. The second-order valence-corrected chi connectivity index (χ2v) is 5.48. The van der Waals surface area contributed by atoms with Crippen molar-refractivity contribution in [3.05, 3.63) is 65.2 Å². The summed E-state index contributed by atoms with van der Waals surface area (Å²) in [4.78, 5) is 0. The van der Waals surface area contributed by atoms with Gasteiger partial charge in [-0.2, -0.15) is 0 Å². The Hall–Kier alpha value is -1.80. The molecule has 1 unspecified atom stereocenters. The Balaban J connectivity index is 1.53. The summed E-state index contributed by atoms with van der Waals surface area (Å²) >= 11 is 0. The molecule has 1 heterocycles. The maximum Gasteiger partial charge on any atom is 0.122 e. The summed E-state index contributed by atoms with van der Waals surface area (Å²) in [5.41, 5.74) is 4.08. The van der Waals surface area contributed by atoms with Gasteiger partial charge in [-0.05, 0) is 28.7 Å². The van der Waals surface area contributed by atoms with Crippen LogP contribution in [0.2, 0.25) is 0 Å². The zero-order chi connectivity index (χ0) is 13.8. The molecule has 0 radical (unpaired) electrons. The van der Waals surface area contributed by atoms with Crippen LogP contribution in [-0.2, 0) is 13.0 Å².